The van der Waals surface area contributed by atoms with Gasteiger partial charge in [-0.3, -0.25) is 0 Å². The van der Waals surface area contributed by atoms with Crippen LogP contribution in [0.15, 0.2) is 182 Å². The van der Waals surface area contributed by atoms with E-state index in [1.165, 1.54) is 49.5 Å². The Balaban J connectivity index is 1.22. The van der Waals surface area contributed by atoms with Crippen molar-refractivity contribution < 1.29 is 0 Å². The van der Waals surface area contributed by atoms with Gasteiger partial charge in [-0.15, -0.1) is 0 Å². The van der Waals surface area contributed by atoms with Gasteiger partial charge in [0.1, 0.15) is 0 Å². The minimum absolute atomic E-state index is 0.422. The molecular formula is C47H30N2. The molecule has 0 amide bonds. The van der Waals surface area contributed by atoms with E-state index in [2.05, 4.69) is 176 Å². The zero-order valence-corrected chi connectivity index (χ0v) is 26.7. The van der Waals surface area contributed by atoms with E-state index in [1.54, 1.807) is 0 Å². The number of nitrogens with zero attached hydrogens (tertiary/aromatic N) is 2. The smallest absolute Gasteiger partial charge is 0.160 e. The predicted molar refractivity (Wildman–Crippen MR) is 203 cm³/mol. The van der Waals surface area contributed by atoms with Crippen LogP contribution in [0.2, 0.25) is 0 Å². The van der Waals surface area contributed by atoms with E-state index < -0.39 is 5.41 Å². The summed E-state index contributed by atoms with van der Waals surface area (Å²) in [6.07, 6.45) is 0. The fourth-order valence-electron chi connectivity index (χ4n) is 8.13. The Morgan fingerprint density at radius 2 is 1.02 bits per heavy atom. The third-order valence-electron chi connectivity index (χ3n) is 10.3. The van der Waals surface area contributed by atoms with Crippen molar-refractivity contribution in [3.63, 3.8) is 0 Å². The van der Waals surface area contributed by atoms with Crippen molar-refractivity contribution in [2.24, 2.45) is 0 Å². The van der Waals surface area contributed by atoms with Crippen LogP contribution in [0.5, 0.6) is 0 Å². The lowest BCUT2D eigenvalue weighted by Gasteiger charge is -2.34. The van der Waals surface area contributed by atoms with E-state index in [4.69, 9.17) is 9.97 Å². The summed E-state index contributed by atoms with van der Waals surface area (Å²) in [6, 6.07) is 65.6. The minimum Gasteiger partial charge on any atom is -0.227 e. The molecule has 0 bridgehead atoms. The summed E-state index contributed by atoms with van der Waals surface area (Å²) in [7, 11) is 0. The number of aromatic nitrogens is 2. The molecule has 2 nitrogen and oxygen atoms in total. The van der Waals surface area contributed by atoms with E-state index in [9.17, 15) is 0 Å². The zero-order chi connectivity index (χ0) is 32.4. The molecule has 1 aromatic heterocycles. The van der Waals surface area contributed by atoms with Crippen molar-refractivity contribution in [3.05, 3.63) is 204 Å². The molecule has 0 saturated heterocycles. The van der Waals surface area contributed by atoms with Crippen LogP contribution in [0.25, 0.3) is 66.2 Å². The number of rotatable bonds is 4. The molecule has 0 unspecified atom stereocenters. The molecule has 0 spiro atoms. The van der Waals surface area contributed by atoms with E-state index in [0.717, 1.165) is 38.9 Å². The van der Waals surface area contributed by atoms with E-state index in [0.29, 0.717) is 0 Å². The molecule has 0 fully saturated rings. The lowest BCUT2D eigenvalue weighted by atomic mass is 9.67. The van der Waals surface area contributed by atoms with Gasteiger partial charge < -0.3 is 0 Å². The summed E-state index contributed by atoms with van der Waals surface area (Å²) in [5, 5.41) is 5.73. The van der Waals surface area contributed by atoms with Crippen LogP contribution in [-0.4, -0.2) is 9.97 Å². The highest BCUT2D eigenvalue weighted by atomic mass is 14.9. The summed E-state index contributed by atoms with van der Waals surface area (Å²) < 4.78 is 0. The lowest BCUT2D eigenvalue weighted by molar-refractivity contribution is 0.769. The average Bonchev–Trinajstić information content (AvgIpc) is 3.47. The van der Waals surface area contributed by atoms with Gasteiger partial charge in [0.25, 0.3) is 0 Å². The van der Waals surface area contributed by atoms with E-state index in [-0.39, 0.29) is 0 Å². The number of hydrogen-bond acceptors (Lipinski definition) is 2. The third kappa shape index (κ3) is 4.14. The first-order valence-corrected chi connectivity index (χ1v) is 16.8. The summed E-state index contributed by atoms with van der Waals surface area (Å²) in [5.41, 5.74) is 11.3. The van der Waals surface area contributed by atoms with Gasteiger partial charge in [-0.2, -0.15) is 0 Å². The molecule has 0 atom stereocenters. The molecular weight excluding hydrogens is 593 g/mol. The molecule has 1 aliphatic carbocycles. The van der Waals surface area contributed by atoms with Crippen LogP contribution in [0.3, 0.4) is 0 Å². The Labute approximate surface area is 285 Å². The highest BCUT2D eigenvalue weighted by Gasteiger charge is 2.46. The Bertz CT molecular complexity index is 2660. The van der Waals surface area contributed by atoms with Gasteiger partial charge in [0.15, 0.2) is 5.82 Å². The summed E-state index contributed by atoms with van der Waals surface area (Å²) in [5.74, 6) is 0.730. The SMILES string of the molecule is c1ccc(-c2nc(-c3ccc4cc5c(cc4c3)-c3ccccc3C5(c3ccccc3)c3ccccc3)nc3c2ccc2ccccc23)cc1. The Kier molecular flexibility index (Phi) is 6.13. The normalized spacial score (nSPS) is 13.1. The first kappa shape index (κ1) is 27.7. The lowest BCUT2D eigenvalue weighted by Crippen LogP contribution is -2.28. The van der Waals surface area contributed by atoms with E-state index >= 15 is 0 Å². The second-order valence-electron chi connectivity index (χ2n) is 12.9. The molecule has 228 valence electrons. The Morgan fingerprint density at radius 3 is 1.80 bits per heavy atom. The molecule has 49 heavy (non-hydrogen) atoms. The van der Waals surface area contributed by atoms with Crippen molar-refractivity contribution in [3.8, 4) is 33.8 Å². The summed E-state index contributed by atoms with van der Waals surface area (Å²) >= 11 is 0. The van der Waals surface area contributed by atoms with Crippen molar-refractivity contribution in [1.29, 1.82) is 0 Å². The van der Waals surface area contributed by atoms with Gasteiger partial charge in [-0.1, -0.05) is 158 Å². The fourth-order valence-corrected chi connectivity index (χ4v) is 8.13. The van der Waals surface area contributed by atoms with Crippen LogP contribution < -0.4 is 0 Å². The maximum absolute atomic E-state index is 5.27. The van der Waals surface area contributed by atoms with Crippen LogP contribution in [0.4, 0.5) is 0 Å². The molecule has 10 rings (SSSR count). The molecule has 0 radical (unpaired) electrons. The molecule has 0 aliphatic heterocycles. The number of hydrogen-bond donors (Lipinski definition) is 0. The molecule has 0 saturated carbocycles. The molecule has 8 aromatic carbocycles. The highest BCUT2D eigenvalue weighted by Crippen LogP contribution is 2.56. The van der Waals surface area contributed by atoms with Crippen LogP contribution in [0.1, 0.15) is 22.3 Å². The van der Waals surface area contributed by atoms with Crippen molar-refractivity contribution >= 4 is 32.4 Å². The molecule has 1 aliphatic rings. The second kappa shape index (κ2) is 10.8. The van der Waals surface area contributed by atoms with Gasteiger partial charge in [-0.25, -0.2) is 9.97 Å². The van der Waals surface area contributed by atoms with Gasteiger partial charge in [0.2, 0.25) is 0 Å². The second-order valence-corrected chi connectivity index (χ2v) is 12.9. The molecule has 2 heteroatoms. The standard InChI is InChI=1S/C47H30N2/c1-4-15-32(16-5-1)44-40-27-26-31-14-10-11-21-38(31)45(40)49-46(48-44)34-25-24-33-30-43-41(29-35(33)28-34)39-22-12-13-23-42(39)47(43,36-17-6-2-7-18-36)37-19-8-3-9-20-37/h1-30H. The fraction of sp³-hybridized carbons (Fsp3) is 0.0213. The van der Waals surface area contributed by atoms with E-state index in [1.807, 2.05) is 6.07 Å². The van der Waals surface area contributed by atoms with Gasteiger partial charge in [0.05, 0.1) is 16.6 Å². The maximum atomic E-state index is 5.27. The average molecular weight is 623 g/mol. The van der Waals surface area contributed by atoms with Crippen molar-refractivity contribution in [1.82, 2.24) is 9.97 Å². The van der Waals surface area contributed by atoms with Crippen molar-refractivity contribution in [2.45, 2.75) is 5.41 Å². The largest absolute Gasteiger partial charge is 0.227 e. The van der Waals surface area contributed by atoms with Crippen LogP contribution in [-0.2, 0) is 5.41 Å². The highest BCUT2D eigenvalue weighted by molar-refractivity contribution is 6.10. The maximum Gasteiger partial charge on any atom is 0.160 e. The van der Waals surface area contributed by atoms with Gasteiger partial charge in [-0.05, 0) is 73.8 Å². The van der Waals surface area contributed by atoms with Crippen LogP contribution >= 0.6 is 0 Å². The molecule has 1 heterocycles. The molecule has 0 N–H and O–H groups in total. The van der Waals surface area contributed by atoms with Gasteiger partial charge in [0, 0.05) is 21.9 Å². The topological polar surface area (TPSA) is 25.8 Å². The Hall–Kier alpha value is -6.38. The Morgan fingerprint density at radius 1 is 0.367 bits per heavy atom. The summed E-state index contributed by atoms with van der Waals surface area (Å²) in [4.78, 5) is 10.5. The predicted octanol–water partition coefficient (Wildman–Crippen LogP) is 11.6. The monoisotopic (exact) mass is 622 g/mol. The first-order chi connectivity index (χ1) is 24.3. The zero-order valence-electron chi connectivity index (χ0n) is 26.7. The first-order valence-electron chi connectivity index (χ1n) is 16.8. The number of fused-ring (bicyclic) bond motifs is 7. The molecule has 9 aromatic rings. The third-order valence-corrected chi connectivity index (χ3v) is 10.3. The minimum atomic E-state index is -0.422. The van der Waals surface area contributed by atoms with Crippen LogP contribution in [0, 0.1) is 0 Å². The summed E-state index contributed by atoms with van der Waals surface area (Å²) in [6.45, 7) is 0. The van der Waals surface area contributed by atoms with Crippen molar-refractivity contribution in [2.75, 3.05) is 0 Å². The number of benzene rings is 8. The quantitative estimate of drug-likeness (QED) is 0.183. The van der Waals surface area contributed by atoms with Gasteiger partial charge >= 0.3 is 0 Å².